The van der Waals surface area contributed by atoms with Crippen LogP contribution >= 0.6 is 27.3 Å². The van der Waals surface area contributed by atoms with E-state index in [1.807, 2.05) is 22.8 Å². The first-order valence-electron chi connectivity index (χ1n) is 7.96. The molecule has 2 rings (SSSR count). The van der Waals surface area contributed by atoms with E-state index in [-0.39, 0.29) is 5.91 Å². The van der Waals surface area contributed by atoms with Crippen molar-refractivity contribution in [3.63, 3.8) is 0 Å². The molecule has 28 heavy (non-hydrogen) atoms. The Labute approximate surface area is 172 Å². The highest BCUT2D eigenvalue weighted by atomic mass is 79.9. The molecular formula is C16H16BrN5O5S-2. The fourth-order valence-corrected chi connectivity index (χ4v) is 3.77. The Morgan fingerprint density at radius 3 is 2.25 bits per heavy atom. The third-order valence-corrected chi connectivity index (χ3v) is 5.12. The smallest absolute Gasteiger partial charge is 0.223 e. The molecular weight excluding hydrogens is 454 g/mol. The average molecular weight is 470 g/mol. The minimum absolute atomic E-state index is 0.185. The van der Waals surface area contributed by atoms with Crippen LogP contribution in [0.3, 0.4) is 0 Å². The molecule has 12 heteroatoms. The molecule has 1 aromatic carbocycles. The van der Waals surface area contributed by atoms with Crippen molar-refractivity contribution in [2.75, 3.05) is 10.6 Å². The number of rotatable bonds is 8. The first kappa shape index (κ1) is 21.4. The van der Waals surface area contributed by atoms with Crippen LogP contribution in [0.2, 0.25) is 0 Å². The summed E-state index contributed by atoms with van der Waals surface area (Å²) in [6, 6.07) is 6.98. The number of nitrogens with one attached hydrogen (secondary N) is 4. The number of anilines is 2. The molecule has 0 radical (unpaired) electrons. The molecule has 0 bridgehead atoms. The van der Waals surface area contributed by atoms with Crippen LogP contribution in [0.15, 0.2) is 28.1 Å². The highest BCUT2D eigenvalue weighted by Gasteiger charge is 2.11. The van der Waals surface area contributed by atoms with Gasteiger partial charge in [-0.3, -0.25) is 4.79 Å². The number of amides is 3. The second kappa shape index (κ2) is 9.90. The molecule has 3 amide bonds. The molecule has 0 saturated heterocycles. The molecule has 0 aliphatic rings. The molecule has 150 valence electrons. The van der Waals surface area contributed by atoms with Crippen molar-refractivity contribution >= 4 is 56.2 Å². The summed E-state index contributed by atoms with van der Waals surface area (Å²) < 4.78 is 0.846. The standard InChI is InChI=1S/C16H18BrN5O5S/c1-8(23)18-14-20-11(12(17)28-14)7-4-9-2-5-10(6-3-9)19-13(21-15(24)25)22-16(26)27/h2-3,5-6,13,19,21-22H,4,7H2,1H3,(H,24,25)(H,26,27)(H,18,20,23)/p-2. The Balaban J connectivity index is 1.95. The van der Waals surface area contributed by atoms with Crippen molar-refractivity contribution in [1.82, 2.24) is 15.6 Å². The van der Waals surface area contributed by atoms with E-state index in [2.05, 4.69) is 31.5 Å². The summed E-state index contributed by atoms with van der Waals surface area (Å²) in [6.45, 7) is 1.42. The van der Waals surface area contributed by atoms with Gasteiger partial charge in [-0.15, -0.1) is 0 Å². The van der Waals surface area contributed by atoms with Crippen LogP contribution in [0, 0.1) is 0 Å². The summed E-state index contributed by atoms with van der Waals surface area (Å²) in [5.74, 6) is -0.185. The van der Waals surface area contributed by atoms with Crippen LogP contribution in [0.25, 0.3) is 0 Å². The monoisotopic (exact) mass is 469 g/mol. The Kier molecular flexibility index (Phi) is 7.58. The predicted molar refractivity (Wildman–Crippen MR) is 102 cm³/mol. The Morgan fingerprint density at radius 2 is 1.71 bits per heavy atom. The molecule has 4 N–H and O–H groups in total. The van der Waals surface area contributed by atoms with Crippen molar-refractivity contribution < 1.29 is 24.6 Å². The summed E-state index contributed by atoms with van der Waals surface area (Å²) in [5.41, 5.74) is 2.30. The summed E-state index contributed by atoms with van der Waals surface area (Å²) in [7, 11) is 0. The Morgan fingerprint density at radius 1 is 1.11 bits per heavy atom. The Hall–Kier alpha value is -2.86. The van der Waals surface area contributed by atoms with Gasteiger partial charge in [-0.2, -0.15) is 0 Å². The van der Waals surface area contributed by atoms with Gasteiger partial charge in [0.2, 0.25) is 5.91 Å². The van der Waals surface area contributed by atoms with Gasteiger partial charge in [0.25, 0.3) is 0 Å². The highest BCUT2D eigenvalue weighted by Crippen LogP contribution is 2.29. The largest absolute Gasteiger partial charge is 0.530 e. The van der Waals surface area contributed by atoms with Crippen LogP contribution in [-0.4, -0.2) is 29.4 Å². The molecule has 0 spiro atoms. The van der Waals surface area contributed by atoms with E-state index in [1.54, 1.807) is 12.1 Å². The predicted octanol–water partition coefficient (Wildman–Crippen LogP) is 0.210. The average Bonchev–Trinajstić information content (AvgIpc) is 2.91. The van der Waals surface area contributed by atoms with Gasteiger partial charge in [0.15, 0.2) is 11.4 Å². The lowest BCUT2D eigenvalue weighted by molar-refractivity contribution is -0.255. The molecule has 1 heterocycles. The summed E-state index contributed by atoms with van der Waals surface area (Å²) in [5, 5.41) is 30.7. The lowest BCUT2D eigenvalue weighted by Gasteiger charge is -2.24. The minimum atomic E-state index is -1.64. The lowest BCUT2D eigenvalue weighted by atomic mass is 10.1. The van der Waals surface area contributed by atoms with E-state index in [0.717, 1.165) is 15.0 Å². The van der Waals surface area contributed by atoms with Gasteiger partial charge in [-0.1, -0.05) is 23.5 Å². The van der Waals surface area contributed by atoms with Crippen molar-refractivity contribution in [2.24, 2.45) is 0 Å². The SMILES string of the molecule is CC(=O)Nc1nc(CCc2ccc(NC(NC(=O)[O-])NC(=O)[O-])cc2)c(Br)s1. The number of carbonyl (C=O) groups is 3. The van der Waals surface area contributed by atoms with Crippen LogP contribution in [0.4, 0.5) is 20.4 Å². The van der Waals surface area contributed by atoms with Crippen LogP contribution in [0.5, 0.6) is 0 Å². The van der Waals surface area contributed by atoms with Crippen LogP contribution in [0.1, 0.15) is 18.2 Å². The van der Waals surface area contributed by atoms with Gasteiger partial charge in [-0.25, -0.2) is 4.98 Å². The summed E-state index contributed by atoms with van der Waals surface area (Å²) in [4.78, 5) is 36.6. The highest BCUT2D eigenvalue weighted by molar-refractivity contribution is 9.11. The minimum Gasteiger partial charge on any atom is -0.530 e. The molecule has 0 fully saturated rings. The van der Waals surface area contributed by atoms with E-state index in [0.29, 0.717) is 23.7 Å². The van der Waals surface area contributed by atoms with Crippen molar-refractivity contribution in [3.8, 4) is 0 Å². The fourth-order valence-electron chi connectivity index (χ4n) is 2.23. The number of carbonyl (C=O) groups excluding carboxylic acids is 3. The first-order chi connectivity index (χ1) is 13.2. The molecule has 10 nitrogen and oxygen atoms in total. The molecule has 0 saturated carbocycles. The number of hydrogen-bond donors (Lipinski definition) is 4. The van der Waals surface area contributed by atoms with Gasteiger partial charge in [0, 0.05) is 12.6 Å². The number of aryl methyl sites for hydroxylation is 2. The van der Waals surface area contributed by atoms with Gasteiger partial charge in [0.1, 0.15) is 12.2 Å². The fraction of sp³-hybridized carbons (Fsp3) is 0.250. The van der Waals surface area contributed by atoms with Gasteiger partial charge < -0.3 is 41.1 Å². The van der Waals surface area contributed by atoms with Gasteiger partial charge in [0.05, 0.1) is 9.48 Å². The quantitative estimate of drug-likeness (QED) is 0.402. The summed E-state index contributed by atoms with van der Waals surface area (Å²) >= 11 is 4.77. The van der Waals surface area contributed by atoms with Crippen molar-refractivity contribution in [3.05, 3.63) is 39.3 Å². The molecule has 1 aromatic heterocycles. The third-order valence-electron chi connectivity index (χ3n) is 3.37. The number of carboxylic acid groups (broad SMARTS) is 2. The number of halogens is 1. The normalized spacial score (nSPS) is 10.4. The zero-order valence-electron chi connectivity index (χ0n) is 14.6. The molecule has 0 atom stereocenters. The van der Waals surface area contributed by atoms with E-state index in [4.69, 9.17) is 0 Å². The van der Waals surface area contributed by atoms with Crippen molar-refractivity contribution in [1.29, 1.82) is 0 Å². The molecule has 0 aliphatic heterocycles. The lowest BCUT2D eigenvalue weighted by Crippen LogP contribution is -2.58. The second-order valence-electron chi connectivity index (χ2n) is 5.56. The van der Waals surface area contributed by atoms with Crippen LogP contribution < -0.4 is 31.5 Å². The zero-order valence-corrected chi connectivity index (χ0v) is 17.0. The van der Waals surface area contributed by atoms with Crippen molar-refractivity contribution in [2.45, 2.75) is 26.1 Å². The van der Waals surface area contributed by atoms with E-state index in [9.17, 15) is 24.6 Å². The third kappa shape index (κ3) is 7.04. The number of hydrogen-bond acceptors (Lipinski definition) is 8. The molecule has 2 aromatic rings. The first-order valence-corrected chi connectivity index (χ1v) is 9.57. The molecule has 0 unspecified atom stereocenters. The van der Waals surface area contributed by atoms with Crippen LogP contribution in [-0.2, 0) is 17.6 Å². The summed E-state index contributed by atoms with van der Waals surface area (Å²) in [6.07, 6.45) is -3.27. The van der Waals surface area contributed by atoms with Gasteiger partial charge in [-0.05, 0) is 46.5 Å². The number of nitrogens with zero attached hydrogens (tertiary/aromatic N) is 1. The number of aromatic nitrogens is 1. The maximum Gasteiger partial charge on any atom is 0.223 e. The second-order valence-corrected chi connectivity index (χ2v) is 7.88. The maximum absolute atomic E-state index is 11.1. The molecule has 0 aliphatic carbocycles. The van der Waals surface area contributed by atoms with E-state index in [1.165, 1.54) is 18.3 Å². The topological polar surface area (TPSA) is 158 Å². The Bertz CT molecular complexity index is 842. The van der Waals surface area contributed by atoms with Gasteiger partial charge >= 0.3 is 0 Å². The zero-order chi connectivity index (χ0) is 20.7. The maximum atomic E-state index is 11.1. The number of thiazole rings is 1. The van der Waals surface area contributed by atoms with E-state index >= 15 is 0 Å². The number of benzene rings is 1. The van der Waals surface area contributed by atoms with E-state index < -0.39 is 18.5 Å².